The number of hydrogen-bond donors (Lipinski definition) is 2. The number of ketones is 1. The van der Waals surface area contributed by atoms with E-state index in [2.05, 4.69) is 10.0 Å². The van der Waals surface area contributed by atoms with Crippen molar-refractivity contribution in [3.05, 3.63) is 51.7 Å². The number of carbonyl (C=O) groups is 2. The van der Waals surface area contributed by atoms with Gasteiger partial charge in [-0.1, -0.05) is 18.2 Å². The summed E-state index contributed by atoms with van der Waals surface area (Å²) in [5, 5.41) is 4.43. The Morgan fingerprint density at radius 3 is 2.54 bits per heavy atom. The molecule has 26 heavy (non-hydrogen) atoms. The van der Waals surface area contributed by atoms with E-state index >= 15 is 0 Å². The first-order valence-corrected chi connectivity index (χ1v) is 10.6. The quantitative estimate of drug-likeness (QED) is 0.505. The molecule has 1 aromatic heterocycles. The summed E-state index contributed by atoms with van der Waals surface area (Å²) >= 11 is 1.35. The lowest BCUT2D eigenvalue weighted by molar-refractivity contribution is -0.121. The van der Waals surface area contributed by atoms with Gasteiger partial charge in [0.25, 0.3) is 0 Å². The second-order valence-electron chi connectivity index (χ2n) is 5.92. The van der Waals surface area contributed by atoms with Crippen LogP contribution in [0.15, 0.2) is 40.6 Å². The lowest BCUT2D eigenvalue weighted by atomic mass is 10.2. The highest BCUT2D eigenvalue weighted by Crippen LogP contribution is 2.16. The molecule has 1 aromatic carbocycles. The fourth-order valence-electron chi connectivity index (χ4n) is 2.34. The number of amides is 1. The molecule has 8 heteroatoms. The van der Waals surface area contributed by atoms with Gasteiger partial charge >= 0.3 is 0 Å². The zero-order valence-electron chi connectivity index (χ0n) is 14.7. The van der Waals surface area contributed by atoms with Crippen molar-refractivity contribution in [1.29, 1.82) is 0 Å². The lowest BCUT2D eigenvalue weighted by Gasteiger charge is -2.10. The molecule has 0 atom stereocenters. The van der Waals surface area contributed by atoms with Crippen molar-refractivity contribution in [2.75, 3.05) is 13.1 Å². The molecule has 0 fully saturated rings. The zero-order valence-corrected chi connectivity index (χ0v) is 16.4. The molecule has 0 saturated carbocycles. The minimum atomic E-state index is -3.62. The van der Waals surface area contributed by atoms with E-state index in [1.54, 1.807) is 31.2 Å². The Morgan fingerprint density at radius 1 is 1.08 bits per heavy atom. The minimum absolute atomic E-state index is 0.0641. The van der Waals surface area contributed by atoms with Crippen molar-refractivity contribution >= 4 is 33.1 Å². The highest BCUT2D eigenvalue weighted by Gasteiger charge is 2.16. The van der Waals surface area contributed by atoms with Gasteiger partial charge in [-0.2, -0.15) is 0 Å². The summed E-state index contributed by atoms with van der Waals surface area (Å²) in [6, 6.07) is 8.75. The molecule has 0 bridgehead atoms. The maximum absolute atomic E-state index is 12.3. The number of rotatable bonds is 9. The molecule has 1 heterocycles. The molecule has 0 unspecified atom stereocenters. The molecule has 0 aliphatic rings. The molecule has 2 rings (SSSR count). The molecule has 0 spiro atoms. The third-order valence-electron chi connectivity index (χ3n) is 3.75. The van der Waals surface area contributed by atoms with Crippen LogP contribution in [0, 0.1) is 13.8 Å². The minimum Gasteiger partial charge on any atom is -0.355 e. The number of aryl methyl sites for hydroxylation is 2. The molecule has 6 nitrogen and oxygen atoms in total. The largest absolute Gasteiger partial charge is 0.355 e. The molecular formula is C18H22N2O4S2. The average molecular weight is 395 g/mol. The first-order valence-electron chi connectivity index (χ1n) is 8.20. The molecular weight excluding hydrogens is 372 g/mol. The van der Waals surface area contributed by atoms with E-state index in [9.17, 15) is 18.0 Å². The van der Waals surface area contributed by atoms with Gasteiger partial charge in [0, 0.05) is 25.9 Å². The fraction of sp³-hybridized carbons (Fsp3) is 0.333. The van der Waals surface area contributed by atoms with E-state index in [0.29, 0.717) is 10.4 Å². The van der Waals surface area contributed by atoms with E-state index in [1.807, 2.05) is 18.4 Å². The predicted molar refractivity (Wildman–Crippen MR) is 102 cm³/mol. The van der Waals surface area contributed by atoms with Gasteiger partial charge in [-0.05, 0) is 42.5 Å². The van der Waals surface area contributed by atoms with Gasteiger partial charge in [-0.25, -0.2) is 13.1 Å². The monoisotopic (exact) mass is 394 g/mol. The summed E-state index contributed by atoms with van der Waals surface area (Å²) in [6.45, 7) is 3.81. The van der Waals surface area contributed by atoms with Gasteiger partial charge in [-0.3, -0.25) is 9.59 Å². The maximum atomic E-state index is 12.3. The molecule has 0 aliphatic heterocycles. The Labute approximate surface area is 157 Å². The number of hydrogen-bond acceptors (Lipinski definition) is 5. The van der Waals surface area contributed by atoms with Gasteiger partial charge in [0.05, 0.1) is 9.77 Å². The van der Waals surface area contributed by atoms with Crippen molar-refractivity contribution in [3.63, 3.8) is 0 Å². The molecule has 0 aliphatic carbocycles. The Bertz CT molecular complexity index is 875. The number of Topliss-reactive ketones (excluding diaryl/α,β-unsaturated/α-hetero) is 1. The highest BCUT2D eigenvalue weighted by molar-refractivity contribution is 7.89. The van der Waals surface area contributed by atoms with Crippen LogP contribution in [0.5, 0.6) is 0 Å². The smallest absolute Gasteiger partial charge is 0.240 e. The van der Waals surface area contributed by atoms with Crippen LogP contribution in [0.3, 0.4) is 0 Å². The van der Waals surface area contributed by atoms with Gasteiger partial charge in [0.1, 0.15) is 0 Å². The molecule has 0 radical (unpaired) electrons. The van der Waals surface area contributed by atoms with Crippen LogP contribution < -0.4 is 10.0 Å². The van der Waals surface area contributed by atoms with E-state index < -0.39 is 10.0 Å². The van der Waals surface area contributed by atoms with Gasteiger partial charge < -0.3 is 5.32 Å². The van der Waals surface area contributed by atoms with Crippen molar-refractivity contribution in [3.8, 4) is 0 Å². The molecule has 2 N–H and O–H groups in total. The predicted octanol–water partition coefficient (Wildman–Crippen LogP) is 2.42. The highest BCUT2D eigenvalue weighted by atomic mass is 32.2. The van der Waals surface area contributed by atoms with Crippen molar-refractivity contribution in [2.24, 2.45) is 0 Å². The molecule has 140 valence electrons. The van der Waals surface area contributed by atoms with Gasteiger partial charge in [0.15, 0.2) is 5.78 Å². The lowest BCUT2D eigenvalue weighted by Crippen LogP contribution is -2.35. The van der Waals surface area contributed by atoms with Gasteiger partial charge in [0.2, 0.25) is 15.9 Å². The third kappa shape index (κ3) is 5.76. The topological polar surface area (TPSA) is 92.3 Å². The fourth-order valence-corrected chi connectivity index (χ4v) is 4.39. The molecule has 2 aromatic rings. The van der Waals surface area contributed by atoms with Gasteiger partial charge in [-0.15, -0.1) is 11.3 Å². The summed E-state index contributed by atoms with van der Waals surface area (Å²) in [6.07, 6.45) is 0.223. The third-order valence-corrected chi connectivity index (χ3v) is 6.26. The van der Waals surface area contributed by atoms with E-state index in [-0.39, 0.29) is 42.5 Å². The van der Waals surface area contributed by atoms with E-state index in [1.165, 1.54) is 11.3 Å². The summed E-state index contributed by atoms with van der Waals surface area (Å²) in [5.74, 6) is -0.341. The number of sulfonamides is 1. The van der Waals surface area contributed by atoms with Crippen LogP contribution in [0.2, 0.25) is 0 Å². The maximum Gasteiger partial charge on any atom is 0.240 e. The molecule has 0 saturated heterocycles. The molecule has 1 amide bonds. The van der Waals surface area contributed by atoms with Crippen LogP contribution in [-0.4, -0.2) is 33.2 Å². The van der Waals surface area contributed by atoms with Crippen LogP contribution in [0.4, 0.5) is 0 Å². The Morgan fingerprint density at radius 2 is 1.85 bits per heavy atom. The summed E-state index contributed by atoms with van der Waals surface area (Å²) < 4.78 is 27.1. The number of carbonyl (C=O) groups excluding carboxylic acids is 2. The summed E-state index contributed by atoms with van der Waals surface area (Å²) in [5.41, 5.74) is 1.53. The van der Waals surface area contributed by atoms with Crippen LogP contribution in [0.25, 0.3) is 0 Å². The van der Waals surface area contributed by atoms with Crippen molar-refractivity contribution in [2.45, 2.75) is 31.6 Å². The number of benzene rings is 1. The number of thiophene rings is 1. The Kier molecular flexibility index (Phi) is 7.07. The van der Waals surface area contributed by atoms with Crippen LogP contribution >= 0.6 is 11.3 Å². The standard InChI is InChI=1S/C18H22N2O4S2/c1-13-5-6-14(2)17(12-13)26(23,24)20-10-9-19-18(22)8-7-15(21)16-4-3-11-25-16/h3-6,11-12,20H,7-10H2,1-2H3,(H,19,22). The van der Waals surface area contributed by atoms with E-state index in [4.69, 9.17) is 0 Å². The first kappa shape index (κ1) is 20.3. The second-order valence-corrected chi connectivity index (χ2v) is 8.60. The summed E-state index contributed by atoms with van der Waals surface area (Å²) in [4.78, 5) is 24.5. The first-order chi connectivity index (χ1) is 12.3. The second kappa shape index (κ2) is 9.07. The van der Waals surface area contributed by atoms with Crippen molar-refractivity contribution in [1.82, 2.24) is 10.0 Å². The number of nitrogens with one attached hydrogen (secondary N) is 2. The van der Waals surface area contributed by atoms with Crippen LogP contribution in [-0.2, 0) is 14.8 Å². The zero-order chi connectivity index (χ0) is 19.2. The SMILES string of the molecule is Cc1ccc(C)c(S(=O)(=O)NCCNC(=O)CCC(=O)c2cccs2)c1. The van der Waals surface area contributed by atoms with E-state index in [0.717, 1.165) is 5.56 Å². The Hall–Kier alpha value is -2.03. The normalized spacial score (nSPS) is 11.3. The Balaban J connectivity index is 1.74. The average Bonchev–Trinajstić information content (AvgIpc) is 3.13. The summed E-state index contributed by atoms with van der Waals surface area (Å²) in [7, 11) is -3.62. The van der Waals surface area contributed by atoms with Crippen molar-refractivity contribution < 1.29 is 18.0 Å². The van der Waals surface area contributed by atoms with Crippen LogP contribution in [0.1, 0.15) is 33.6 Å².